The second-order valence-corrected chi connectivity index (χ2v) is 8.70. The van der Waals surface area contributed by atoms with Gasteiger partial charge < -0.3 is 4.74 Å². The van der Waals surface area contributed by atoms with Crippen LogP contribution in [-0.4, -0.2) is 18.0 Å². The number of epoxide rings is 1. The first-order valence-electron chi connectivity index (χ1n) is 8.95. The van der Waals surface area contributed by atoms with Gasteiger partial charge in [0.2, 0.25) is 0 Å². The molecule has 3 saturated carbocycles. The van der Waals surface area contributed by atoms with Crippen LogP contribution in [0.15, 0.2) is 11.6 Å². The maximum Gasteiger partial charge on any atom is 0.139 e. The summed E-state index contributed by atoms with van der Waals surface area (Å²) in [6, 6.07) is 0. The Bertz CT molecular complexity index is 550. The van der Waals surface area contributed by atoms with Crippen LogP contribution in [0.25, 0.3) is 0 Å². The van der Waals surface area contributed by atoms with E-state index in [9.17, 15) is 4.79 Å². The highest BCUT2D eigenvalue weighted by Gasteiger charge is 2.68. The molecule has 0 bridgehead atoms. The molecular formula is C19H26O2. The van der Waals surface area contributed by atoms with E-state index in [0.29, 0.717) is 35.2 Å². The highest BCUT2D eigenvalue weighted by Crippen LogP contribution is 2.68. The molecular weight excluding hydrogens is 260 g/mol. The van der Waals surface area contributed by atoms with Crippen molar-refractivity contribution in [1.82, 2.24) is 0 Å². The molecule has 0 unspecified atom stereocenters. The predicted octanol–water partition coefficient (Wildman–Crippen LogP) is 3.90. The standard InChI is InChI=1S/C19H26O2/c1-18-9-4-3-5-13(18)16-17(21-16)15-11-6-7-14(20)19(11,2)10-8-12(15)18/h5,11-12,15-17H,3-4,6-10H2,1-2H3/t11-,12-,15-,16+,17-,18+,19-/m0/s1. The monoisotopic (exact) mass is 286 g/mol. The van der Waals surface area contributed by atoms with E-state index in [1.54, 1.807) is 5.57 Å². The molecule has 0 N–H and O–H groups in total. The number of rotatable bonds is 0. The zero-order valence-corrected chi connectivity index (χ0v) is 13.2. The van der Waals surface area contributed by atoms with Crippen LogP contribution in [0.2, 0.25) is 0 Å². The van der Waals surface area contributed by atoms with Gasteiger partial charge >= 0.3 is 0 Å². The summed E-state index contributed by atoms with van der Waals surface area (Å²) in [5.74, 6) is 2.55. The van der Waals surface area contributed by atoms with Gasteiger partial charge in [-0.2, -0.15) is 0 Å². The van der Waals surface area contributed by atoms with Crippen molar-refractivity contribution in [1.29, 1.82) is 0 Å². The minimum Gasteiger partial charge on any atom is -0.365 e. The van der Waals surface area contributed by atoms with Crippen LogP contribution in [0, 0.1) is 28.6 Å². The van der Waals surface area contributed by atoms with Gasteiger partial charge in [0.05, 0.1) is 6.10 Å². The molecule has 1 heterocycles. The lowest BCUT2D eigenvalue weighted by Gasteiger charge is -2.55. The van der Waals surface area contributed by atoms with Crippen LogP contribution in [0.3, 0.4) is 0 Å². The van der Waals surface area contributed by atoms with E-state index < -0.39 is 0 Å². The number of ether oxygens (including phenoxy) is 1. The van der Waals surface area contributed by atoms with Gasteiger partial charge in [0, 0.05) is 11.8 Å². The molecule has 1 saturated heterocycles. The molecule has 4 aliphatic carbocycles. The van der Waals surface area contributed by atoms with Gasteiger partial charge in [-0.05, 0) is 67.3 Å². The lowest BCUT2D eigenvalue weighted by Crippen LogP contribution is -2.53. The molecule has 2 heteroatoms. The van der Waals surface area contributed by atoms with Crippen molar-refractivity contribution >= 4 is 5.78 Å². The van der Waals surface area contributed by atoms with Crippen molar-refractivity contribution in [2.24, 2.45) is 28.6 Å². The van der Waals surface area contributed by atoms with Crippen LogP contribution < -0.4 is 0 Å². The van der Waals surface area contributed by atoms with Crippen LogP contribution >= 0.6 is 0 Å². The Morgan fingerprint density at radius 2 is 1.95 bits per heavy atom. The van der Waals surface area contributed by atoms with Gasteiger partial charge in [-0.3, -0.25) is 4.79 Å². The summed E-state index contributed by atoms with van der Waals surface area (Å²) in [6.45, 7) is 4.77. The van der Waals surface area contributed by atoms with E-state index in [0.717, 1.165) is 25.2 Å². The molecule has 0 spiro atoms. The molecule has 0 aromatic rings. The van der Waals surface area contributed by atoms with E-state index in [1.807, 2.05) is 0 Å². The van der Waals surface area contributed by atoms with Crippen LogP contribution in [0.4, 0.5) is 0 Å². The molecule has 7 atom stereocenters. The Hall–Kier alpha value is -0.630. The highest BCUT2D eigenvalue weighted by molar-refractivity contribution is 5.87. The lowest BCUT2D eigenvalue weighted by molar-refractivity contribution is -0.132. The maximum absolute atomic E-state index is 12.4. The number of hydrogen-bond donors (Lipinski definition) is 0. The summed E-state index contributed by atoms with van der Waals surface area (Å²) < 4.78 is 6.19. The van der Waals surface area contributed by atoms with Crippen molar-refractivity contribution in [2.75, 3.05) is 0 Å². The largest absolute Gasteiger partial charge is 0.365 e. The van der Waals surface area contributed by atoms with Crippen LogP contribution in [-0.2, 0) is 9.53 Å². The molecule has 4 fully saturated rings. The number of Topliss-reactive ketones (excluding diaryl/α,β-unsaturated/α-hetero) is 1. The average Bonchev–Trinajstić information content (AvgIpc) is 3.19. The Morgan fingerprint density at radius 1 is 1.14 bits per heavy atom. The molecule has 1 aliphatic heterocycles. The molecule has 5 rings (SSSR count). The van der Waals surface area contributed by atoms with E-state index in [-0.39, 0.29) is 5.41 Å². The lowest BCUT2D eigenvalue weighted by atomic mass is 9.47. The second kappa shape index (κ2) is 3.82. The fraction of sp³-hybridized carbons (Fsp3) is 0.842. The quantitative estimate of drug-likeness (QED) is 0.499. The fourth-order valence-corrected chi connectivity index (χ4v) is 6.78. The molecule has 0 aromatic carbocycles. The van der Waals surface area contributed by atoms with Crippen LogP contribution in [0.1, 0.15) is 58.8 Å². The van der Waals surface area contributed by atoms with Crippen molar-refractivity contribution < 1.29 is 9.53 Å². The Kier molecular flexibility index (Phi) is 2.34. The normalized spacial score (nSPS) is 57.7. The minimum atomic E-state index is -0.0239. The maximum atomic E-state index is 12.4. The SMILES string of the molecule is C[C@]12CCCC=C1[C@H]1O[C@H]1[C@@H]1[C@@H]2CC[C@]2(C)C(=O)CC[C@@H]12. The summed E-state index contributed by atoms with van der Waals surface area (Å²) in [5.41, 5.74) is 1.98. The third-order valence-corrected chi connectivity index (χ3v) is 8.00. The van der Waals surface area contributed by atoms with Gasteiger partial charge in [0.25, 0.3) is 0 Å². The first-order valence-corrected chi connectivity index (χ1v) is 8.95. The van der Waals surface area contributed by atoms with E-state index in [4.69, 9.17) is 4.74 Å². The second-order valence-electron chi connectivity index (χ2n) is 8.70. The summed E-state index contributed by atoms with van der Waals surface area (Å²) in [4.78, 5) is 12.4. The number of carbonyl (C=O) groups excluding carboxylic acids is 1. The van der Waals surface area contributed by atoms with Crippen molar-refractivity contribution in [3.8, 4) is 0 Å². The fourth-order valence-electron chi connectivity index (χ4n) is 6.78. The van der Waals surface area contributed by atoms with E-state index in [1.165, 1.54) is 25.7 Å². The highest BCUT2D eigenvalue weighted by atomic mass is 16.6. The number of allylic oxidation sites excluding steroid dienone is 1. The predicted molar refractivity (Wildman–Crippen MR) is 80.8 cm³/mol. The molecule has 0 amide bonds. The Labute approximate surface area is 127 Å². The zero-order valence-electron chi connectivity index (χ0n) is 13.2. The van der Waals surface area contributed by atoms with Crippen molar-refractivity contribution in [2.45, 2.75) is 71.0 Å². The van der Waals surface area contributed by atoms with Gasteiger partial charge in [-0.25, -0.2) is 0 Å². The Balaban J connectivity index is 1.59. The number of fused-ring (bicyclic) bond motifs is 8. The molecule has 114 valence electrons. The van der Waals surface area contributed by atoms with E-state index in [2.05, 4.69) is 19.9 Å². The molecule has 5 aliphatic rings. The number of carbonyl (C=O) groups is 1. The zero-order chi connectivity index (χ0) is 14.4. The summed E-state index contributed by atoms with van der Waals surface area (Å²) >= 11 is 0. The third kappa shape index (κ3) is 1.41. The van der Waals surface area contributed by atoms with Crippen LogP contribution in [0.5, 0.6) is 0 Å². The Morgan fingerprint density at radius 3 is 2.81 bits per heavy atom. The molecule has 2 nitrogen and oxygen atoms in total. The molecule has 0 aromatic heterocycles. The number of ketones is 1. The number of hydrogen-bond acceptors (Lipinski definition) is 2. The van der Waals surface area contributed by atoms with Gasteiger partial charge in [0.1, 0.15) is 11.9 Å². The average molecular weight is 286 g/mol. The summed E-state index contributed by atoms with van der Waals surface area (Å²) in [7, 11) is 0. The van der Waals surface area contributed by atoms with Crippen molar-refractivity contribution in [3.63, 3.8) is 0 Å². The molecule has 21 heavy (non-hydrogen) atoms. The van der Waals surface area contributed by atoms with Gasteiger partial charge in [0.15, 0.2) is 0 Å². The first-order chi connectivity index (χ1) is 10.1. The third-order valence-electron chi connectivity index (χ3n) is 8.00. The van der Waals surface area contributed by atoms with Gasteiger partial charge in [-0.1, -0.05) is 19.9 Å². The molecule has 0 radical (unpaired) electrons. The smallest absolute Gasteiger partial charge is 0.139 e. The van der Waals surface area contributed by atoms with E-state index >= 15 is 0 Å². The minimum absolute atomic E-state index is 0.0239. The summed E-state index contributed by atoms with van der Waals surface area (Å²) in [5, 5.41) is 0. The topological polar surface area (TPSA) is 29.6 Å². The first kappa shape index (κ1) is 12.9. The van der Waals surface area contributed by atoms with Crippen molar-refractivity contribution in [3.05, 3.63) is 11.6 Å². The van der Waals surface area contributed by atoms with Gasteiger partial charge in [-0.15, -0.1) is 0 Å². The summed E-state index contributed by atoms with van der Waals surface area (Å²) in [6.07, 6.45) is 11.6.